The van der Waals surface area contributed by atoms with Crippen molar-refractivity contribution in [1.29, 1.82) is 0 Å². The van der Waals surface area contributed by atoms with Crippen molar-refractivity contribution in [2.24, 2.45) is 5.10 Å². The molecule has 8 heteroatoms. The summed E-state index contributed by atoms with van der Waals surface area (Å²) < 4.78 is 9.44. The molecule has 0 saturated carbocycles. The molecule has 1 aliphatic heterocycles. The average molecular weight is 379 g/mol. The molecule has 0 aliphatic carbocycles. The van der Waals surface area contributed by atoms with E-state index in [0.29, 0.717) is 6.54 Å². The second-order valence-corrected chi connectivity index (χ2v) is 5.65. The number of furan rings is 1. The third kappa shape index (κ3) is 5.04. The van der Waals surface area contributed by atoms with Crippen LogP contribution in [-0.4, -0.2) is 35.4 Å². The van der Waals surface area contributed by atoms with Crippen molar-refractivity contribution < 1.29 is 18.9 Å². The predicted octanol–water partition coefficient (Wildman–Crippen LogP) is 4.33. The van der Waals surface area contributed by atoms with Crippen molar-refractivity contribution in [3.8, 4) is 11.1 Å². The predicted molar refractivity (Wildman–Crippen MR) is 103 cm³/mol. The molecule has 1 aliphatic rings. The number of hydrogen-bond donors (Lipinski definition) is 0. The van der Waals surface area contributed by atoms with E-state index in [1.165, 1.54) is 29.5 Å². The van der Waals surface area contributed by atoms with Gasteiger partial charge in [-0.3, -0.25) is 10.1 Å². The summed E-state index contributed by atoms with van der Waals surface area (Å²) in [5, 5.41) is 15.2. The number of nitro groups is 1. The highest BCUT2D eigenvalue weighted by atomic mass is 16.6. The summed E-state index contributed by atoms with van der Waals surface area (Å²) >= 11 is 0. The normalized spacial score (nSPS) is 13.1. The molecule has 1 saturated heterocycles. The smallest absolute Gasteiger partial charge is 0.433 e. The Kier molecular flexibility index (Phi) is 6.14. The number of hydrazone groups is 1. The lowest BCUT2D eigenvalue weighted by molar-refractivity contribution is -0.402. The van der Waals surface area contributed by atoms with Crippen molar-refractivity contribution in [3.05, 3.63) is 88.7 Å². The van der Waals surface area contributed by atoms with Gasteiger partial charge in [-0.2, -0.15) is 10.1 Å². The molecule has 0 bridgehead atoms. The molecule has 0 N–H and O–H groups in total. The zero-order valence-corrected chi connectivity index (χ0v) is 14.8. The van der Waals surface area contributed by atoms with Crippen LogP contribution in [0, 0.1) is 10.1 Å². The lowest BCUT2D eigenvalue weighted by Crippen LogP contribution is -2.17. The highest BCUT2D eigenvalue weighted by molar-refractivity contribution is 5.78. The van der Waals surface area contributed by atoms with Gasteiger partial charge in [0.05, 0.1) is 18.8 Å². The SMILES string of the molecule is O=C1OCCN1N=Cc1ccc([N+](=O)[O-])o1.c1ccc(-c2ccccc2)cc1. The Morgan fingerprint density at radius 3 is 2.04 bits per heavy atom. The van der Waals surface area contributed by atoms with Gasteiger partial charge in [-0.15, -0.1) is 0 Å². The Bertz CT molecular complexity index is 917. The molecule has 8 nitrogen and oxygen atoms in total. The number of benzene rings is 2. The van der Waals surface area contributed by atoms with Gasteiger partial charge in [0.25, 0.3) is 0 Å². The van der Waals surface area contributed by atoms with Gasteiger partial charge in [0.1, 0.15) is 11.5 Å². The Hall–Kier alpha value is -3.94. The second kappa shape index (κ2) is 9.13. The summed E-state index contributed by atoms with van der Waals surface area (Å²) in [5.41, 5.74) is 2.55. The molecule has 3 aromatic rings. The molecule has 0 atom stereocenters. The standard InChI is InChI=1S/C12H10.C8H7N3O5/c1-3-7-11(8-4-1)12-9-5-2-6-10-12;12-8-10(3-4-15-8)9-5-6-1-2-7(16-6)11(13)14/h1-10H;1-2,5H,3-4H2. The van der Waals surface area contributed by atoms with Crippen molar-refractivity contribution >= 4 is 18.2 Å². The summed E-state index contributed by atoms with van der Waals surface area (Å²) in [6.07, 6.45) is 0.678. The van der Waals surface area contributed by atoms with Crippen LogP contribution in [0.25, 0.3) is 11.1 Å². The third-order valence-corrected chi connectivity index (χ3v) is 3.74. The first-order chi connectivity index (χ1) is 13.6. The van der Waals surface area contributed by atoms with E-state index in [2.05, 4.69) is 58.4 Å². The molecule has 1 amide bonds. The van der Waals surface area contributed by atoms with Crippen LogP contribution >= 0.6 is 0 Å². The number of amides is 1. The monoisotopic (exact) mass is 379 g/mol. The van der Waals surface area contributed by atoms with Gasteiger partial charge in [-0.1, -0.05) is 60.7 Å². The largest absolute Gasteiger partial charge is 0.446 e. The van der Waals surface area contributed by atoms with Gasteiger partial charge in [0, 0.05) is 0 Å². The molecular weight excluding hydrogens is 362 g/mol. The maximum atomic E-state index is 11.0. The van der Waals surface area contributed by atoms with Crippen molar-refractivity contribution in [1.82, 2.24) is 5.01 Å². The van der Waals surface area contributed by atoms with E-state index < -0.39 is 11.0 Å². The third-order valence-electron chi connectivity index (χ3n) is 3.74. The van der Waals surface area contributed by atoms with Crippen LogP contribution in [0.1, 0.15) is 5.76 Å². The van der Waals surface area contributed by atoms with E-state index in [4.69, 9.17) is 4.42 Å². The number of hydrogen-bond acceptors (Lipinski definition) is 6. The lowest BCUT2D eigenvalue weighted by atomic mass is 10.1. The topological polar surface area (TPSA) is 98.2 Å². The van der Waals surface area contributed by atoms with Crippen LogP contribution in [0.3, 0.4) is 0 Å². The maximum absolute atomic E-state index is 11.0. The number of carbonyl (C=O) groups excluding carboxylic acids is 1. The van der Waals surface area contributed by atoms with E-state index in [0.717, 1.165) is 5.01 Å². The lowest BCUT2D eigenvalue weighted by Gasteiger charge is -2.01. The Morgan fingerprint density at radius 1 is 0.964 bits per heavy atom. The summed E-state index contributed by atoms with van der Waals surface area (Å²) in [6, 6.07) is 23.4. The molecular formula is C20H17N3O5. The van der Waals surface area contributed by atoms with Gasteiger partial charge in [-0.05, 0) is 17.2 Å². The molecule has 0 unspecified atom stereocenters. The molecule has 28 heavy (non-hydrogen) atoms. The fourth-order valence-electron chi connectivity index (χ4n) is 2.39. The minimum absolute atomic E-state index is 0.200. The van der Waals surface area contributed by atoms with E-state index in [1.807, 2.05) is 12.1 Å². The van der Waals surface area contributed by atoms with Crippen LogP contribution < -0.4 is 0 Å². The van der Waals surface area contributed by atoms with Crippen LogP contribution in [0.15, 0.2) is 82.3 Å². The number of cyclic esters (lactones) is 1. The van der Waals surface area contributed by atoms with Crippen LogP contribution in [0.2, 0.25) is 0 Å². The summed E-state index contributed by atoms with van der Waals surface area (Å²) in [6.45, 7) is 0.645. The summed E-state index contributed by atoms with van der Waals surface area (Å²) in [4.78, 5) is 20.6. The zero-order valence-electron chi connectivity index (χ0n) is 14.8. The maximum Gasteiger partial charge on any atom is 0.433 e. The van der Waals surface area contributed by atoms with Crippen LogP contribution in [0.4, 0.5) is 10.7 Å². The van der Waals surface area contributed by atoms with Gasteiger partial charge in [-0.25, -0.2) is 4.79 Å². The van der Waals surface area contributed by atoms with E-state index in [9.17, 15) is 14.9 Å². The summed E-state index contributed by atoms with van der Waals surface area (Å²) in [5.74, 6) is -0.170. The molecule has 1 fully saturated rings. The number of nitrogens with zero attached hydrogens (tertiary/aromatic N) is 3. The van der Waals surface area contributed by atoms with Gasteiger partial charge in [0.2, 0.25) is 0 Å². The highest BCUT2D eigenvalue weighted by Crippen LogP contribution is 2.17. The Morgan fingerprint density at radius 2 is 1.57 bits per heavy atom. The van der Waals surface area contributed by atoms with Gasteiger partial charge < -0.3 is 9.15 Å². The minimum atomic E-state index is -0.651. The first-order valence-electron chi connectivity index (χ1n) is 8.46. The number of ether oxygens (including phenoxy) is 1. The van der Waals surface area contributed by atoms with E-state index >= 15 is 0 Å². The fraction of sp³-hybridized carbons (Fsp3) is 0.100. The molecule has 2 aromatic carbocycles. The fourth-order valence-corrected chi connectivity index (χ4v) is 2.39. The van der Waals surface area contributed by atoms with Crippen molar-refractivity contribution in [2.45, 2.75) is 0 Å². The molecule has 142 valence electrons. The molecule has 0 radical (unpaired) electrons. The molecule has 4 rings (SSSR count). The quantitative estimate of drug-likeness (QED) is 0.382. The molecule has 0 spiro atoms. The van der Waals surface area contributed by atoms with Crippen LogP contribution in [-0.2, 0) is 4.74 Å². The van der Waals surface area contributed by atoms with Gasteiger partial charge >= 0.3 is 12.0 Å². The number of rotatable bonds is 4. The first kappa shape index (κ1) is 18.8. The average Bonchev–Trinajstić information content (AvgIpc) is 3.37. The van der Waals surface area contributed by atoms with Crippen LogP contribution in [0.5, 0.6) is 0 Å². The molecule has 1 aromatic heterocycles. The van der Waals surface area contributed by atoms with Crippen molar-refractivity contribution in [2.75, 3.05) is 13.2 Å². The Balaban J connectivity index is 0.000000167. The Labute approximate surface area is 160 Å². The summed E-state index contributed by atoms with van der Waals surface area (Å²) in [7, 11) is 0. The van der Waals surface area contributed by atoms with Gasteiger partial charge in [0.15, 0.2) is 5.76 Å². The van der Waals surface area contributed by atoms with E-state index in [-0.39, 0.29) is 18.3 Å². The van der Waals surface area contributed by atoms with Crippen molar-refractivity contribution in [3.63, 3.8) is 0 Å². The number of carbonyl (C=O) groups is 1. The highest BCUT2D eigenvalue weighted by Gasteiger charge is 2.21. The first-order valence-corrected chi connectivity index (χ1v) is 8.46. The molecule has 2 heterocycles. The zero-order chi connectivity index (χ0) is 19.8. The minimum Gasteiger partial charge on any atom is -0.446 e. The van der Waals surface area contributed by atoms with E-state index in [1.54, 1.807) is 0 Å². The second-order valence-electron chi connectivity index (χ2n) is 5.65.